The van der Waals surface area contributed by atoms with Crippen LogP contribution in [0.15, 0.2) is 24.3 Å². The largest absolute Gasteiger partial charge is 0.389 e. The van der Waals surface area contributed by atoms with Gasteiger partial charge < -0.3 is 11.1 Å². The van der Waals surface area contributed by atoms with Crippen molar-refractivity contribution < 1.29 is 0 Å². The van der Waals surface area contributed by atoms with E-state index in [9.17, 15) is 0 Å². The Kier molecular flexibility index (Phi) is 5.20. The van der Waals surface area contributed by atoms with E-state index >= 15 is 0 Å². The molecule has 3 heteroatoms. The summed E-state index contributed by atoms with van der Waals surface area (Å²) in [5, 5.41) is 3.49. The molecule has 2 nitrogen and oxygen atoms in total. The zero-order chi connectivity index (χ0) is 13.7. The molecule has 3 N–H and O–H groups in total. The lowest BCUT2D eigenvalue weighted by Gasteiger charge is -2.26. The van der Waals surface area contributed by atoms with Crippen LogP contribution in [0.25, 0.3) is 0 Å². The van der Waals surface area contributed by atoms with Crippen molar-refractivity contribution in [3.8, 4) is 0 Å². The highest BCUT2D eigenvalue weighted by Crippen LogP contribution is 2.30. The van der Waals surface area contributed by atoms with Crippen molar-refractivity contribution >= 4 is 22.9 Å². The lowest BCUT2D eigenvalue weighted by atomic mass is 9.81. The molecule has 1 aliphatic rings. The maximum absolute atomic E-state index is 5.59. The molecule has 0 spiro atoms. The third-order valence-electron chi connectivity index (χ3n) is 4.10. The fraction of sp³-hybridized carbons (Fsp3) is 0.562. The molecule has 0 heterocycles. The second kappa shape index (κ2) is 6.90. The third-order valence-corrected chi connectivity index (χ3v) is 4.33. The van der Waals surface area contributed by atoms with Crippen molar-refractivity contribution in [2.75, 3.05) is 11.9 Å². The van der Waals surface area contributed by atoms with Gasteiger partial charge in [0.05, 0.1) is 0 Å². The Morgan fingerprint density at radius 1 is 1.32 bits per heavy atom. The first-order chi connectivity index (χ1) is 9.15. The van der Waals surface area contributed by atoms with Crippen LogP contribution in [-0.4, -0.2) is 11.5 Å². The zero-order valence-corrected chi connectivity index (χ0v) is 12.5. The van der Waals surface area contributed by atoms with Gasteiger partial charge in [0, 0.05) is 17.8 Å². The lowest BCUT2D eigenvalue weighted by Crippen LogP contribution is -2.16. The molecule has 2 unspecified atom stereocenters. The minimum Gasteiger partial charge on any atom is -0.389 e. The fourth-order valence-electron chi connectivity index (χ4n) is 2.99. The smallest absolute Gasteiger partial charge is 0.103 e. The van der Waals surface area contributed by atoms with Gasteiger partial charge in [-0.3, -0.25) is 0 Å². The van der Waals surface area contributed by atoms with Crippen LogP contribution in [0.2, 0.25) is 0 Å². The number of thiocarbonyl (C=S) groups is 1. The fourth-order valence-corrected chi connectivity index (χ4v) is 3.13. The molecule has 2 atom stereocenters. The molecule has 0 aliphatic heterocycles. The Morgan fingerprint density at radius 3 is 2.68 bits per heavy atom. The van der Waals surface area contributed by atoms with Gasteiger partial charge in [-0.25, -0.2) is 0 Å². The van der Waals surface area contributed by atoms with E-state index in [1.165, 1.54) is 32.1 Å². The van der Waals surface area contributed by atoms with Crippen molar-refractivity contribution in [2.45, 2.75) is 39.0 Å². The van der Waals surface area contributed by atoms with Crippen molar-refractivity contribution in [3.05, 3.63) is 29.8 Å². The predicted molar refractivity (Wildman–Crippen MR) is 86.6 cm³/mol. The first-order valence-electron chi connectivity index (χ1n) is 7.29. The molecule has 0 amide bonds. The van der Waals surface area contributed by atoms with Gasteiger partial charge in [-0.1, -0.05) is 38.4 Å². The van der Waals surface area contributed by atoms with E-state index in [0.717, 1.165) is 29.6 Å². The van der Waals surface area contributed by atoms with Crippen LogP contribution in [0.4, 0.5) is 5.69 Å². The summed E-state index contributed by atoms with van der Waals surface area (Å²) >= 11 is 4.95. The monoisotopic (exact) mass is 276 g/mol. The Bertz CT molecular complexity index is 413. The quantitative estimate of drug-likeness (QED) is 0.800. The van der Waals surface area contributed by atoms with Gasteiger partial charge in [0.25, 0.3) is 0 Å². The summed E-state index contributed by atoms with van der Waals surface area (Å²) in [5.41, 5.74) is 7.67. The van der Waals surface area contributed by atoms with E-state index in [-0.39, 0.29) is 0 Å². The number of hydrogen-bond donors (Lipinski definition) is 2. The van der Waals surface area contributed by atoms with E-state index in [2.05, 4.69) is 24.4 Å². The van der Waals surface area contributed by atoms with E-state index in [4.69, 9.17) is 18.0 Å². The van der Waals surface area contributed by atoms with Crippen molar-refractivity contribution in [2.24, 2.45) is 17.6 Å². The Morgan fingerprint density at radius 2 is 2.05 bits per heavy atom. The molecule has 0 bridgehead atoms. The molecule has 1 fully saturated rings. The number of hydrogen-bond acceptors (Lipinski definition) is 2. The standard InChI is InChI=1S/C16H24N2S/c1-12-3-2-4-13(11-12)9-10-18-15-7-5-14(6-8-15)16(17)19/h5-8,12-13,18H,2-4,9-11H2,1H3,(H2,17,19). The summed E-state index contributed by atoms with van der Waals surface area (Å²) in [6.07, 6.45) is 6.93. The van der Waals surface area contributed by atoms with Gasteiger partial charge >= 0.3 is 0 Å². The van der Waals surface area contributed by atoms with E-state index < -0.39 is 0 Å². The van der Waals surface area contributed by atoms with Crippen molar-refractivity contribution in [1.29, 1.82) is 0 Å². The highest BCUT2D eigenvalue weighted by molar-refractivity contribution is 7.80. The average molecular weight is 276 g/mol. The van der Waals surface area contributed by atoms with Crippen LogP contribution < -0.4 is 11.1 Å². The van der Waals surface area contributed by atoms with Crippen LogP contribution in [0.1, 0.15) is 44.6 Å². The molecule has 1 aromatic rings. The second-order valence-corrected chi connectivity index (χ2v) is 6.23. The molecule has 0 saturated heterocycles. The Labute approximate surface area is 121 Å². The van der Waals surface area contributed by atoms with Gasteiger partial charge in [0.15, 0.2) is 0 Å². The topological polar surface area (TPSA) is 38.0 Å². The highest BCUT2D eigenvalue weighted by Gasteiger charge is 2.18. The van der Waals surface area contributed by atoms with Gasteiger partial charge in [0.1, 0.15) is 4.99 Å². The maximum atomic E-state index is 5.59. The van der Waals surface area contributed by atoms with Crippen LogP contribution in [0.3, 0.4) is 0 Å². The zero-order valence-electron chi connectivity index (χ0n) is 11.7. The van der Waals surface area contributed by atoms with Crippen LogP contribution >= 0.6 is 12.2 Å². The van der Waals surface area contributed by atoms with Crippen LogP contribution in [0.5, 0.6) is 0 Å². The normalized spacial score (nSPS) is 23.0. The molecule has 0 radical (unpaired) electrons. The van der Waals surface area contributed by atoms with Gasteiger partial charge in [-0.05, 0) is 48.9 Å². The highest BCUT2D eigenvalue weighted by atomic mass is 32.1. The molecular weight excluding hydrogens is 252 g/mol. The first-order valence-corrected chi connectivity index (χ1v) is 7.69. The molecule has 1 aromatic carbocycles. The van der Waals surface area contributed by atoms with E-state index in [1.54, 1.807) is 0 Å². The molecule has 104 valence electrons. The number of nitrogens with two attached hydrogens (primary N) is 1. The molecule has 2 rings (SSSR count). The van der Waals surface area contributed by atoms with Gasteiger partial charge in [0.2, 0.25) is 0 Å². The minimum atomic E-state index is 0.461. The average Bonchev–Trinajstić information content (AvgIpc) is 2.39. The molecule has 19 heavy (non-hydrogen) atoms. The molecule has 1 aliphatic carbocycles. The summed E-state index contributed by atoms with van der Waals surface area (Å²) in [4.78, 5) is 0.461. The molecule has 0 aromatic heterocycles. The van der Waals surface area contributed by atoms with Gasteiger partial charge in [-0.15, -0.1) is 0 Å². The number of nitrogens with one attached hydrogen (secondary N) is 1. The molecular formula is C16H24N2S. The summed E-state index contributed by atoms with van der Waals surface area (Å²) in [6.45, 7) is 3.44. The predicted octanol–water partition coefficient (Wildman–Crippen LogP) is 3.95. The molecule has 1 saturated carbocycles. The number of anilines is 1. The second-order valence-electron chi connectivity index (χ2n) is 5.79. The van der Waals surface area contributed by atoms with Crippen molar-refractivity contribution in [1.82, 2.24) is 0 Å². The van der Waals surface area contributed by atoms with E-state index in [0.29, 0.717) is 4.99 Å². The summed E-state index contributed by atoms with van der Waals surface area (Å²) in [7, 11) is 0. The minimum absolute atomic E-state index is 0.461. The maximum Gasteiger partial charge on any atom is 0.103 e. The Hall–Kier alpha value is -1.09. The van der Waals surface area contributed by atoms with Crippen molar-refractivity contribution in [3.63, 3.8) is 0 Å². The SMILES string of the molecule is CC1CCCC(CCNc2ccc(C(N)=S)cc2)C1. The number of benzene rings is 1. The van der Waals surface area contributed by atoms with Crippen LogP contribution in [0, 0.1) is 11.8 Å². The summed E-state index contributed by atoms with van der Waals surface area (Å²) in [5.74, 6) is 1.83. The lowest BCUT2D eigenvalue weighted by molar-refractivity contribution is 0.274. The van der Waals surface area contributed by atoms with E-state index in [1.807, 2.05) is 12.1 Å². The Balaban J connectivity index is 1.74. The van der Waals surface area contributed by atoms with Crippen LogP contribution in [-0.2, 0) is 0 Å². The third kappa shape index (κ3) is 4.50. The summed E-state index contributed by atoms with van der Waals surface area (Å²) < 4.78 is 0. The van der Waals surface area contributed by atoms with Gasteiger partial charge in [-0.2, -0.15) is 0 Å². The number of rotatable bonds is 5. The summed E-state index contributed by atoms with van der Waals surface area (Å²) in [6, 6.07) is 8.07. The first kappa shape index (κ1) is 14.3.